The van der Waals surface area contributed by atoms with E-state index >= 15 is 0 Å². The molecule has 1 saturated carbocycles. The second kappa shape index (κ2) is 5.82. The normalized spacial score (nSPS) is 22.2. The number of carbonyl (C=O) groups excluding carboxylic acids is 1. The summed E-state index contributed by atoms with van der Waals surface area (Å²) in [7, 11) is 0. The fraction of sp³-hybridized carbons (Fsp3) is 0.429. The van der Waals surface area contributed by atoms with Gasteiger partial charge in [-0.15, -0.1) is 0 Å². The van der Waals surface area contributed by atoms with Gasteiger partial charge in [0.25, 0.3) is 0 Å². The first-order valence-electron chi connectivity index (χ1n) is 6.33. The molecule has 1 aromatic rings. The number of nitrogens with one attached hydrogen (secondary N) is 1. The molecule has 19 heavy (non-hydrogen) atoms. The van der Waals surface area contributed by atoms with Crippen LogP contribution >= 0.6 is 0 Å². The largest absolute Gasteiger partial charge is 0.481 e. The number of halogens is 1. The van der Waals surface area contributed by atoms with Crippen molar-refractivity contribution >= 4 is 11.9 Å². The Morgan fingerprint density at radius 2 is 2.05 bits per heavy atom. The number of carboxylic acid groups (broad SMARTS) is 1. The summed E-state index contributed by atoms with van der Waals surface area (Å²) in [6, 6.07) is 5.75. The van der Waals surface area contributed by atoms with Crippen molar-refractivity contribution in [1.82, 2.24) is 5.32 Å². The van der Waals surface area contributed by atoms with Crippen LogP contribution in [0.3, 0.4) is 0 Å². The minimum absolute atomic E-state index is 0.0600. The summed E-state index contributed by atoms with van der Waals surface area (Å²) in [5.74, 6) is -2.15. The Morgan fingerprint density at radius 1 is 1.32 bits per heavy atom. The maximum Gasteiger partial charge on any atom is 0.308 e. The van der Waals surface area contributed by atoms with Gasteiger partial charge in [0.1, 0.15) is 5.82 Å². The minimum atomic E-state index is -0.881. The van der Waals surface area contributed by atoms with Crippen molar-refractivity contribution < 1.29 is 19.1 Å². The average Bonchev–Trinajstić information content (AvgIpc) is 2.80. The Balaban J connectivity index is 1.95. The molecule has 102 valence electrons. The molecule has 0 aromatic heterocycles. The van der Waals surface area contributed by atoms with Gasteiger partial charge in [-0.3, -0.25) is 9.59 Å². The smallest absolute Gasteiger partial charge is 0.308 e. The van der Waals surface area contributed by atoms with Crippen molar-refractivity contribution in [2.24, 2.45) is 5.92 Å². The van der Waals surface area contributed by atoms with E-state index < -0.39 is 17.7 Å². The summed E-state index contributed by atoms with van der Waals surface area (Å²) < 4.78 is 13.4. The monoisotopic (exact) mass is 265 g/mol. The summed E-state index contributed by atoms with van der Waals surface area (Å²) in [5.41, 5.74) is 0.324. The van der Waals surface area contributed by atoms with Gasteiger partial charge in [0.05, 0.1) is 12.3 Å². The SMILES string of the molecule is O=C(Cc1ccccc1F)NC1CCCC1C(=O)O. The van der Waals surface area contributed by atoms with E-state index in [9.17, 15) is 14.0 Å². The molecule has 1 fully saturated rings. The molecule has 4 nitrogen and oxygen atoms in total. The molecule has 0 heterocycles. The van der Waals surface area contributed by atoms with Crippen LogP contribution in [-0.4, -0.2) is 23.0 Å². The molecule has 2 rings (SSSR count). The first-order valence-corrected chi connectivity index (χ1v) is 6.33. The Labute approximate surface area is 110 Å². The van der Waals surface area contributed by atoms with E-state index in [4.69, 9.17) is 5.11 Å². The summed E-state index contributed by atoms with van der Waals surface area (Å²) in [6.07, 6.45) is 1.98. The first kappa shape index (κ1) is 13.5. The average molecular weight is 265 g/mol. The maximum atomic E-state index is 13.4. The van der Waals surface area contributed by atoms with Gasteiger partial charge in [-0.25, -0.2) is 4.39 Å². The Bertz CT molecular complexity index is 489. The van der Waals surface area contributed by atoms with Crippen LogP contribution in [0.15, 0.2) is 24.3 Å². The van der Waals surface area contributed by atoms with Gasteiger partial charge in [-0.05, 0) is 24.5 Å². The molecule has 0 spiro atoms. The number of aliphatic carboxylic acids is 1. The molecule has 0 aliphatic heterocycles. The number of hydrogen-bond acceptors (Lipinski definition) is 2. The van der Waals surface area contributed by atoms with E-state index in [1.165, 1.54) is 6.07 Å². The third-order valence-electron chi connectivity index (χ3n) is 3.49. The van der Waals surface area contributed by atoms with Crippen LogP contribution in [0, 0.1) is 11.7 Å². The molecule has 1 aromatic carbocycles. The van der Waals surface area contributed by atoms with Crippen molar-refractivity contribution in [2.45, 2.75) is 31.7 Å². The summed E-state index contributed by atoms with van der Waals surface area (Å²) in [5, 5.41) is 11.7. The fourth-order valence-corrected chi connectivity index (χ4v) is 2.50. The lowest BCUT2D eigenvalue weighted by Gasteiger charge is -2.17. The highest BCUT2D eigenvalue weighted by molar-refractivity contribution is 5.80. The van der Waals surface area contributed by atoms with Crippen LogP contribution in [0.4, 0.5) is 4.39 Å². The van der Waals surface area contributed by atoms with Gasteiger partial charge in [-0.2, -0.15) is 0 Å². The molecule has 0 bridgehead atoms. The van der Waals surface area contributed by atoms with Crippen LogP contribution < -0.4 is 5.32 Å². The maximum absolute atomic E-state index is 13.4. The Morgan fingerprint density at radius 3 is 2.74 bits per heavy atom. The van der Waals surface area contributed by atoms with Crippen LogP contribution in [0.1, 0.15) is 24.8 Å². The predicted octanol–water partition coefficient (Wildman–Crippen LogP) is 1.74. The van der Waals surface area contributed by atoms with Crippen LogP contribution in [0.5, 0.6) is 0 Å². The Kier molecular flexibility index (Phi) is 4.14. The van der Waals surface area contributed by atoms with Gasteiger partial charge in [0.15, 0.2) is 0 Å². The number of carboxylic acids is 1. The fourth-order valence-electron chi connectivity index (χ4n) is 2.50. The lowest BCUT2D eigenvalue weighted by molar-refractivity contribution is -0.142. The lowest BCUT2D eigenvalue weighted by Crippen LogP contribution is -2.40. The molecule has 0 radical (unpaired) electrons. The van der Waals surface area contributed by atoms with Gasteiger partial charge in [0, 0.05) is 6.04 Å². The molecule has 2 N–H and O–H groups in total. The van der Waals surface area contributed by atoms with Crippen LogP contribution in [0.25, 0.3) is 0 Å². The van der Waals surface area contributed by atoms with Crippen LogP contribution in [0.2, 0.25) is 0 Å². The second-order valence-corrected chi connectivity index (χ2v) is 4.82. The highest BCUT2D eigenvalue weighted by Crippen LogP contribution is 2.25. The zero-order valence-corrected chi connectivity index (χ0v) is 10.4. The van der Waals surface area contributed by atoms with E-state index in [0.717, 1.165) is 6.42 Å². The standard InChI is InChI=1S/C14H16FNO3/c15-11-6-2-1-4-9(11)8-13(17)16-12-7-3-5-10(12)14(18)19/h1-2,4,6,10,12H,3,5,7-8H2,(H,16,17)(H,18,19). The van der Waals surface area contributed by atoms with E-state index in [0.29, 0.717) is 18.4 Å². The molecule has 2 atom stereocenters. The molecule has 1 aliphatic rings. The minimum Gasteiger partial charge on any atom is -0.481 e. The summed E-state index contributed by atoms with van der Waals surface area (Å²) >= 11 is 0. The first-order chi connectivity index (χ1) is 9.08. The van der Waals surface area contributed by atoms with E-state index in [1.807, 2.05) is 0 Å². The van der Waals surface area contributed by atoms with Crippen molar-refractivity contribution in [3.63, 3.8) is 0 Å². The lowest BCUT2D eigenvalue weighted by atomic mass is 10.0. The molecule has 0 saturated heterocycles. The molecular formula is C14H16FNO3. The van der Waals surface area contributed by atoms with Crippen molar-refractivity contribution in [2.75, 3.05) is 0 Å². The summed E-state index contributed by atoms with van der Waals surface area (Å²) in [6.45, 7) is 0. The highest BCUT2D eigenvalue weighted by atomic mass is 19.1. The van der Waals surface area contributed by atoms with Gasteiger partial charge < -0.3 is 10.4 Å². The molecule has 1 aliphatic carbocycles. The predicted molar refractivity (Wildman–Crippen MR) is 67.0 cm³/mol. The molecule has 5 heteroatoms. The van der Waals surface area contributed by atoms with Gasteiger partial charge in [-0.1, -0.05) is 24.6 Å². The van der Waals surface area contributed by atoms with Gasteiger partial charge in [0.2, 0.25) is 5.91 Å². The highest BCUT2D eigenvalue weighted by Gasteiger charge is 2.33. The van der Waals surface area contributed by atoms with E-state index in [-0.39, 0.29) is 18.4 Å². The molecular weight excluding hydrogens is 249 g/mol. The quantitative estimate of drug-likeness (QED) is 0.871. The zero-order valence-electron chi connectivity index (χ0n) is 10.4. The van der Waals surface area contributed by atoms with Crippen molar-refractivity contribution in [1.29, 1.82) is 0 Å². The zero-order chi connectivity index (χ0) is 13.8. The van der Waals surface area contributed by atoms with E-state index in [1.54, 1.807) is 18.2 Å². The van der Waals surface area contributed by atoms with Crippen molar-refractivity contribution in [3.05, 3.63) is 35.6 Å². The third-order valence-corrected chi connectivity index (χ3v) is 3.49. The van der Waals surface area contributed by atoms with Gasteiger partial charge >= 0.3 is 5.97 Å². The van der Waals surface area contributed by atoms with Crippen molar-refractivity contribution in [3.8, 4) is 0 Å². The number of hydrogen-bond donors (Lipinski definition) is 2. The Hall–Kier alpha value is -1.91. The third kappa shape index (κ3) is 3.30. The number of benzene rings is 1. The number of carbonyl (C=O) groups is 2. The molecule has 1 amide bonds. The van der Waals surface area contributed by atoms with E-state index in [2.05, 4.69) is 5.32 Å². The molecule has 2 unspecified atom stereocenters. The summed E-state index contributed by atoms with van der Waals surface area (Å²) in [4.78, 5) is 22.8. The van der Waals surface area contributed by atoms with Crippen LogP contribution in [-0.2, 0) is 16.0 Å². The topological polar surface area (TPSA) is 66.4 Å². The number of amides is 1. The number of rotatable bonds is 4. The second-order valence-electron chi connectivity index (χ2n) is 4.82.